The third-order valence-electron chi connectivity index (χ3n) is 5.78. The predicted octanol–water partition coefficient (Wildman–Crippen LogP) is 4.54. The zero-order chi connectivity index (χ0) is 24.2. The van der Waals surface area contributed by atoms with Crippen LogP contribution in [-0.2, 0) is 11.2 Å². The van der Waals surface area contributed by atoms with Gasteiger partial charge in [0.05, 0.1) is 0 Å². The number of amides is 3. The van der Waals surface area contributed by atoms with Gasteiger partial charge < -0.3 is 20.9 Å². The Bertz CT molecular complexity index is 1020. The minimum absolute atomic E-state index is 0.189. The highest BCUT2D eigenvalue weighted by molar-refractivity contribution is 5.94. The largest absolute Gasteiger partial charge is 0.353 e. The zero-order valence-electron chi connectivity index (χ0n) is 20.0. The molecular weight excluding hydrogens is 424 g/mol. The van der Waals surface area contributed by atoms with Gasteiger partial charge in [-0.2, -0.15) is 0 Å². The Morgan fingerprint density at radius 3 is 2.00 bits per heavy atom. The van der Waals surface area contributed by atoms with E-state index >= 15 is 0 Å². The van der Waals surface area contributed by atoms with E-state index in [0.29, 0.717) is 18.7 Å². The normalized spacial score (nSPS) is 11.6. The van der Waals surface area contributed by atoms with Gasteiger partial charge in [0.2, 0.25) is 5.91 Å². The van der Waals surface area contributed by atoms with E-state index in [2.05, 4.69) is 34.7 Å². The van der Waals surface area contributed by atoms with Crippen molar-refractivity contribution in [2.75, 3.05) is 31.5 Å². The van der Waals surface area contributed by atoms with Gasteiger partial charge in [-0.25, -0.2) is 4.79 Å². The molecule has 0 fully saturated rings. The molecule has 34 heavy (non-hydrogen) atoms. The lowest BCUT2D eigenvalue weighted by Crippen LogP contribution is -2.50. The van der Waals surface area contributed by atoms with Crippen LogP contribution < -0.4 is 16.0 Å². The van der Waals surface area contributed by atoms with Crippen molar-refractivity contribution in [2.24, 2.45) is 0 Å². The third-order valence-corrected chi connectivity index (χ3v) is 5.78. The first-order chi connectivity index (χ1) is 16.6. The summed E-state index contributed by atoms with van der Waals surface area (Å²) < 4.78 is 0. The van der Waals surface area contributed by atoms with Crippen molar-refractivity contribution in [2.45, 2.75) is 26.3 Å². The van der Waals surface area contributed by atoms with Crippen molar-refractivity contribution < 1.29 is 9.59 Å². The summed E-state index contributed by atoms with van der Waals surface area (Å²) in [5, 5.41) is 8.67. The minimum Gasteiger partial charge on any atom is -0.353 e. The highest BCUT2D eigenvalue weighted by Gasteiger charge is 2.21. The number of nitrogens with zero attached hydrogens (tertiary/aromatic N) is 1. The molecule has 178 valence electrons. The molecule has 6 heteroatoms. The SMILES string of the molecule is CCN(CC)CCNC(=O)[C@H](Cc1ccccc1)NC(=O)Nc1ccc(-c2ccccc2)cc1. The lowest BCUT2D eigenvalue weighted by molar-refractivity contribution is -0.122. The van der Waals surface area contributed by atoms with Crippen LogP contribution in [0.3, 0.4) is 0 Å². The van der Waals surface area contributed by atoms with E-state index in [1.165, 1.54) is 0 Å². The monoisotopic (exact) mass is 458 g/mol. The Balaban J connectivity index is 1.61. The van der Waals surface area contributed by atoms with Gasteiger partial charge in [-0.05, 0) is 41.9 Å². The van der Waals surface area contributed by atoms with Gasteiger partial charge in [0, 0.05) is 25.2 Å². The molecule has 3 amide bonds. The fourth-order valence-corrected chi connectivity index (χ4v) is 3.76. The van der Waals surface area contributed by atoms with Gasteiger partial charge in [-0.15, -0.1) is 0 Å². The Labute approximate surface area is 202 Å². The highest BCUT2D eigenvalue weighted by Crippen LogP contribution is 2.21. The Kier molecular flexibility index (Phi) is 9.67. The second-order valence-electron chi connectivity index (χ2n) is 8.10. The number of hydrogen-bond acceptors (Lipinski definition) is 3. The molecule has 0 bridgehead atoms. The number of benzene rings is 3. The Hall–Kier alpha value is -3.64. The van der Waals surface area contributed by atoms with Gasteiger partial charge in [0.15, 0.2) is 0 Å². The lowest BCUT2D eigenvalue weighted by Gasteiger charge is -2.21. The number of carbonyl (C=O) groups is 2. The molecule has 0 heterocycles. The van der Waals surface area contributed by atoms with Gasteiger partial charge in [-0.3, -0.25) is 4.79 Å². The molecule has 3 N–H and O–H groups in total. The van der Waals surface area contributed by atoms with Crippen LogP contribution in [0.2, 0.25) is 0 Å². The maximum atomic E-state index is 12.9. The van der Waals surface area contributed by atoms with Gasteiger partial charge in [-0.1, -0.05) is 86.6 Å². The maximum absolute atomic E-state index is 12.9. The molecule has 6 nitrogen and oxygen atoms in total. The average Bonchev–Trinajstić information content (AvgIpc) is 2.87. The average molecular weight is 459 g/mol. The second-order valence-corrected chi connectivity index (χ2v) is 8.10. The summed E-state index contributed by atoms with van der Waals surface area (Å²) in [6.45, 7) is 7.38. The fourth-order valence-electron chi connectivity index (χ4n) is 3.76. The summed E-state index contributed by atoms with van der Waals surface area (Å²) in [7, 11) is 0. The summed E-state index contributed by atoms with van der Waals surface area (Å²) >= 11 is 0. The van der Waals surface area contributed by atoms with Crippen LogP contribution in [0.1, 0.15) is 19.4 Å². The molecule has 0 aliphatic heterocycles. The number of likely N-dealkylation sites (N-methyl/N-ethyl adjacent to an activating group) is 1. The van der Waals surface area contributed by atoms with E-state index in [0.717, 1.165) is 36.3 Å². The summed E-state index contributed by atoms with van der Waals surface area (Å²) in [5.74, 6) is -0.189. The molecule has 0 unspecified atom stereocenters. The standard InChI is InChI=1S/C28H34N4O2/c1-3-32(4-2)20-19-29-27(33)26(21-22-11-7-5-8-12-22)31-28(34)30-25-17-15-24(16-18-25)23-13-9-6-10-14-23/h5-18,26H,3-4,19-21H2,1-2H3,(H,29,33)(H2,30,31,34)/t26-/m0/s1. The van der Waals surface area contributed by atoms with E-state index < -0.39 is 12.1 Å². The topological polar surface area (TPSA) is 73.5 Å². The molecular formula is C28H34N4O2. The van der Waals surface area contributed by atoms with Crippen LogP contribution in [0, 0.1) is 0 Å². The minimum atomic E-state index is -0.678. The van der Waals surface area contributed by atoms with Crippen LogP contribution in [0.25, 0.3) is 11.1 Å². The molecule has 0 radical (unpaired) electrons. The van der Waals surface area contributed by atoms with Crippen molar-refractivity contribution >= 4 is 17.6 Å². The summed E-state index contributed by atoms with van der Waals surface area (Å²) in [5.41, 5.74) is 3.83. The van der Waals surface area contributed by atoms with Crippen molar-refractivity contribution in [3.63, 3.8) is 0 Å². The van der Waals surface area contributed by atoms with Crippen LogP contribution in [0.5, 0.6) is 0 Å². The molecule has 3 aromatic rings. The molecule has 3 rings (SSSR count). The smallest absolute Gasteiger partial charge is 0.319 e. The summed E-state index contributed by atoms with van der Waals surface area (Å²) in [6, 6.07) is 26.3. The number of anilines is 1. The maximum Gasteiger partial charge on any atom is 0.319 e. The number of hydrogen-bond donors (Lipinski definition) is 3. The van der Waals surface area contributed by atoms with E-state index in [-0.39, 0.29) is 5.91 Å². The van der Waals surface area contributed by atoms with Gasteiger partial charge in [0.1, 0.15) is 6.04 Å². The van der Waals surface area contributed by atoms with Crippen LogP contribution in [0.15, 0.2) is 84.9 Å². The lowest BCUT2D eigenvalue weighted by atomic mass is 10.1. The molecule has 0 saturated heterocycles. The van der Waals surface area contributed by atoms with E-state index in [1.54, 1.807) is 0 Å². The quantitative estimate of drug-likeness (QED) is 0.395. The number of nitrogens with one attached hydrogen (secondary N) is 3. The van der Waals surface area contributed by atoms with Crippen LogP contribution >= 0.6 is 0 Å². The van der Waals surface area contributed by atoms with Crippen molar-refractivity contribution in [1.82, 2.24) is 15.5 Å². The van der Waals surface area contributed by atoms with Crippen molar-refractivity contribution in [1.29, 1.82) is 0 Å². The first-order valence-corrected chi connectivity index (χ1v) is 11.9. The number of carbonyl (C=O) groups excluding carboxylic acids is 2. The second kappa shape index (κ2) is 13.2. The third kappa shape index (κ3) is 7.74. The molecule has 0 aliphatic rings. The Morgan fingerprint density at radius 2 is 1.38 bits per heavy atom. The fraction of sp³-hybridized carbons (Fsp3) is 0.286. The highest BCUT2D eigenvalue weighted by atomic mass is 16.2. The van der Waals surface area contributed by atoms with Crippen LogP contribution in [-0.4, -0.2) is 49.1 Å². The molecule has 0 aliphatic carbocycles. The van der Waals surface area contributed by atoms with E-state index in [4.69, 9.17) is 0 Å². The molecule has 0 saturated carbocycles. The first kappa shape index (κ1) is 25.0. The molecule has 1 atom stereocenters. The van der Waals surface area contributed by atoms with Gasteiger partial charge in [0.25, 0.3) is 0 Å². The summed E-state index contributed by atoms with van der Waals surface area (Å²) in [4.78, 5) is 27.9. The van der Waals surface area contributed by atoms with Gasteiger partial charge >= 0.3 is 6.03 Å². The van der Waals surface area contributed by atoms with Crippen molar-refractivity contribution in [3.05, 3.63) is 90.5 Å². The van der Waals surface area contributed by atoms with Crippen molar-refractivity contribution in [3.8, 4) is 11.1 Å². The van der Waals surface area contributed by atoms with E-state index in [9.17, 15) is 9.59 Å². The van der Waals surface area contributed by atoms with E-state index in [1.807, 2.05) is 84.9 Å². The summed E-state index contributed by atoms with van der Waals surface area (Å²) in [6.07, 6.45) is 0.415. The molecule has 0 aromatic heterocycles. The number of rotatable bonds is 11. The molecule has 3 aromatic carbocycles. The Morgan fingerprint density at radius 1 is 0.794 bits per heavy atom. The number of urea groups is 1. The first-order valence-electron chi connectivity index (χ1n) is 11.9. The van der Waals surface area contributed by atoms with Crippen LogP contribution in [0.4, 0.5) is 10.5 Å². The zero-order valence-corrected chi connectivity index (χ0v) is 20.0. The molecule has 0 spiro atoms. The predicted molar refractivity (Wildman–Crippen MR) is 139 cm³/mol.